The summed E-state index contributed by atoms with van der Waals surface area (Å²) in [6.07, 6.45) is 7.84. The molecule has 0 saturated heterocycles. The summed E-state index contributed by atoms with van der Waals surface area (Å²) in [4.78, 5) is 12.6. The molecule has 0 spiro atoms. The number of amides is 1. The number of hydrogen-bond donors (Lipinski definition) is 1. The lowest BCUT2D eigenvalue weighted by atomic mass is 9.97. The Balaban J connectivity index is 2.12. The SMILES string of the molecule is Cc1ccc(N(CC(=O)NC2CCCCCCC2)S(=O)(=O)N(C)C)cc1. The highest BCUT2D eigenvalue weighted by Gasteiger charge is 2.28. The summed E-state index contributed by atoms with van der Waals surface area (Å²) in [5.41, 5.74) is 1.53. The molecule has 1 aromatic rings. The largest absolute Gasteiger partial charge is 0.352 e. The molecule has 2 rings (SSSR count). The smallest absolute Gasteiger partial charge is 0.304 e. The van der Waals surface area contributed by atoms with E-state index in [1.165, 1.54) is 37.7 Å². The number of rotatable bonds is 6. The van der Waals surface area contributed by atoms with Crippen molar-refractivity contribution in [1.82, 2.24) is 9.62 Å². The highest BCUT2D eigenvalue weighted by Crippen LogP contribution is 2.21. The van der Waals surface area contributed by atoms with Crippen LogP contribution in [0.5, 0.6) is 0 Å². The summed E-state index contributed by atoms with van der Waals surface area (Å²) in [6, 6.07) is 7.31. The molecule has 1 N–H and O–H groups in total. The van der Waals surface area contributed by atoms with Gasteiger partial charge in [0.1, 0.15) is 6.54 Å². The van der Waals surface area contributed by atoms with Gasteiger partial charge in [-0.15, -0.1) is 0 Å². The van der Waals surface area contributed by atoms with Crippen LogP contribution in [0.4, 0.5) is 5.69 Å². The van der Waals surface area contributed by atoms with Gasteiger partial charge in [0.25, 0.3) is 0 Å². The van der Waals surface area contributed by atoms with Gasteiger partial charge >= 0.3 is 10.2 Å². The standard InChI is InChI=1S/C19H31N3O3S/c1-16-11-13-18(14-12-16)22(26(24,25)21(2)3)15-19(23)20-17-9-7-5-4-6-8-10-17/h11-14,17H,4-10,15H2,1-3H3,(H,20,23). The van der Waals surface area contributed by atoms with Crippen molar-refractivity contribution < 1.29 is 13.2 Å². The minimum atomic E-state index is -3.75. The molecule has 0 radical (unpaired) electrons. The average molecular weight is 382 g/mol. The molecule has 1 amide bonds. The van der Waals surface area contributed by atoms with Crippen LogP contribution in [0.3, 0.4) is 0 Å². The van der Waals surface area contributed by atoms with E-state index in [0.717, 1.165) is 35.6 Å². The maximum Gasteiger partial charge on any atom is 0.304 e. The molecule has 1 aliphatic rings. The van der Waals surface area contributed by atoms with Gasteiger partial charge in [0.2, 0.25) is 5.91 Å². The molecule has 1 aromatic carbocycles. The molecule has 26 heavy (non-hydrogen) atoms. The van der Waals surface area contributed by atoms with Gasteiger partial charge in [0, 0.05) is 20.1 Å². The number of anilines is 1. The van der Waals surface area contributed by atoms with E-state index in [0.29, 0.717) is 5.69 Å². The van der Waals surface area contributed by atoms with Crippen molar-refractivity contribution in [3.8, 4) is 0 Å². The summed E-state index contributed by atoms with van der Waals surface area (Å²) in [5.74, 6) is -0.249. The molecule has 146 valence electrons. The number of nitrogens with one attached hydrogen (secondary N) is 1. The number of hydrogen-bond acceptors (Lipinski definition) is 3. The number of aryl methyl sites for hydroxylation is 1. The molecule has 0 unspecified atom stereocenters. The second-order valence-electron chi connectivity index (χ2n) is 7.24. The molecule has 7 heteroatoms. The molecular formula is C19H31N3O3S. The quantitative estimate of drug-likeness (QED) is 0.824. The van der Waals surface area contributed by atoms with Crippen LogP contribution in [0, 0.1) is 6.92 Å². The van der Waals surface area contributed by atoms with Crippen LogP contribution in [-0.2, 0) is 15.0 Å². The maximum absolute atomic E-state index is 12.7. The van der Waals surface area contributed by atoms with E-state index in [2.05, 4.69) is 5.32 Å². The van der Waals surface area contributed by atoms with Crippen molar-refractivity contribution in [1.29, 1.82) is 0 Å². The molecular weight excluding hydrogens is 350 g/mol. The Morgan fingerprint density at radius 2 is 1.58 bits per heavy atom. The maximum atomic E-state index is 12.7. The topological polar surface area (TPSA) is 69.7 Å². The summed E-state index contributed by atoms with van der Waals surface area (Å²) in [5, 5.41) is 3.05. The van der Waals surface area contributed by atoms with Crippen molar-refractivity contribution in [2.75, 3.05) is 24.9 Å². The Morgan fingerprint density at radius 3 is 2.12 bits per heavy atom. The number of carbonyl (C=O) groups is 1. The Labute approximate surface area is 157 Å². The Morgan fingerprint density at radius 1 is 1.04 bits per heavy atom. The normalized spacial score (nSPS) is 16.8. The van der Waals surface area contributed by atoms with Crippen LogP contribution >= 0.6 is 0 Å². The van der Waals surface area contributed by atoms with Gasteiger partial charge in [-0.1, -0.05) is 49.8 Å². The van der Waals surface area contributed by atoms with Gasteiger partial charge in [-0.25, -0.2) is 4.31 Å². The third-order valence-electron chi connectivity index (χ3n) is 4.82. The zero-order chi connectivity index (χ0) is 19.2. The van der Waals surface area contributed by atoms with Gasteiger partial charge in [0.05, 0.1) is 5.69 Å². The van der Waals surface area contributed by atoms with Crippen molar-refractivity contribution in [3.05, 3.63) is 29.8 Å². The Bertz CT molecular complexity index is 678. The number of nitrogens with zero attached hydrogens (tertiary/aromatic N) is 2. The predicted molar refractivity (Wildman–Crippen MR) is 105 cm³/mol. The van der Waals surface area contributed by atoms with Crippen LogP contribution in [0.25, 0.3) is 0 Å². The minimum Gasteiger partial charge on any atom is -0.352 e. The summed E-state index contributed by atoms with van der Waals surface area (Å²) in [6.45, 7) is 1.73. The van der Waals surface area contributed by atoms with Crippen molar-refractivity contribution in [2.45, 2.75) is 57.9 Å². The molecule has 1 aliphatic carbocycles. The van der Waals surface area contributed by atoms with E-state index >= 15 is 0 Å². The average Bonchev–Trinajstić information content (AvgIpc) is 2.56. The van der Waals surface area contributed by atoms with Crippen LogP contribution < -0.4 is 9.62 Å². The van der Waals surface area contributed by atoms with E-state index in [1.807, 2.05) is 19.1 Å². The first-order valence-corrected chi connectivity index (χ1v) is 10.8. The zero-order valence-corrected chi connectivity index (χ0v) is 16.9. The van der Waals surface area contributed by atoms with Gasteiger partial charge in [-0.05, 0) is 31.9 Å². The van der Waals surface area contributed by atoms with Crippen LogP contribution in [0.1, 0.15) is 50.5 Å². The van der Waals surface area contributed by atoms with Gasteiger partial charge in [0.15, 0.2) is 0 Å². The van der Waals surface area contributed by atoms with Crippen molar-refractivity contribution in [3.63, 3.8) is 0 Å². The highest BCUT2D eigenvalue weighted by atomic mass is 32.2. The first-order valence-electron chi connectivity index (χ1n) is 9.37. The van der Waals surface area contributed by atoms with E-state index < -0.39 is 10.2 Å². The van der Waals surface area contributed by atoms with Crippen LogP contribution in [-0.4, -0.2) is 45.3 Å². The predicted octanol–water partition coefficient (Wildman–Crippen LogP) is 2.84. The van der Waals surface area contributed by atoms with Gasteiger partial charge in [-0.2, -0.15) is 12.7 Å². The first kappa shape index (κ1) is 20.7. The summed E-state index contributed by atoms with van der Waals surface area (Å²) < 4.78 is 27.7. The number of benzene rings is 1. The second kappa shape index (κ2) is 9.37. The van der Waals surface area contributed by atoms with Crippen LogP contribution in [0.15, 0.2) is 24.3 Å². The highest BCUT2D eigenvalue weighted by molar-refractivity contribution is 7.90. The van der Waals surface area contributed by atoms with Crippen molar-refractivity contribution >= 4 is 21.8 Å². The third-order valence-corrected chi connectivity index (χ3v) is 6.64. The third kappa shape index (κ3) is 5.71. The molecule has 0 bridgehead atoms. The molecule has 0 aliphatic heterocycles. The molecule has 0 aromatic heterocycles. The molecule has 1 saturated carbocycles. The molecule has 0 atom stereocenters. The van der Waals surface area contributed by atoms with E-state index in [-0.39, 0.29) is 18.5 Å². The van der Waals surface area contributed by atoms with Crippen molar-refractivity contribution in [2.24, 2.45) is 0 Å². The fraction of sp³-hybridized carbons (Fsp3) is 0.632. The van der Waals surface area contributed by atoms with Gasteiger partial charge < -0.3 is 5.32 Å². The fourth-order valence-electron chi connectivity index (χ4n) is 3.22. The Hall–Kier alpha value is -1.60. The molecule has 0 heterocycles. The fourth-order valence-corrected chi connectivity index (χ4v) is 4.28. The van der Waals surface area contributed by atoms with E-state index in [4.69, 9.17) is 0 Å². The second-order valence-corrected chi connectivity index (χ2v) is 9.31. The monoisotopic (exact) mass is 381 g/mol. The number of carbonyl (C=O) groups excluding carboxylic acids is 1. The van der Waals surface area contributed by atoms with E-state index in [1.54, 1.807) is 12.1 Å². The lowest BCUT2D eigenvalue weighted by Crippen LogP contribution is -2.47. The molecule has 1 fully saturated rings. The van der Waals surface area contributed by atoms with Gasteiger partial charge in [-0.3, -0.25) is 4.79 Å². The summed E-state index contributed by atoms with van der Waals surface area (Å²) >= 11 is 0. The van der Waals surface area contributed by atoms with Crippen LogP contribution in [0.2, 0.25) is 0 Å². The minimum absolute atomic E-state index is 0.143. The first-order chi connectivity index (χ1) is 12.3. The van der Waals surface area contributed by atoms with E-state index in [9.17, 15) is 13.2 Å². The molecule has 6 nitrogen and oxygen atoms in total. The lowest BCUT2D eigenvalue weighted by molar-refractivity contribution is -0.120. The zero-order valence-electron chi connectivity index (χ0n) is 16.1. The summed E-state index contributed by atoms with van der Waals surface area (Å²) in [7, 11) is -0.797. The lowest BCUT2D eigenvalue weighted by Gasteiger charge is -2.28. The Kier molecular flexibility index (Phi) is 7.46.